The summed E-state index contributed by atoms with van der Waals surface area (Å²) in [6, 6.07) is 9.06. The Hall–Kier alpha value is -3.29. The second-order valence-corrected chi connectivity index (χ2v) is 8.58. The number of likely N-dealkylation sites (tertiary alicyclic amines) is 2. The third kappa shape index (κ3) is 3.45. The number of amides is 2. The fourth-order valence-corrected chi connectivity index (χ4v) is 4.79. The molecule has 8 heteroatoms. The number of aryl methyl sites for hydroxylation is 1. The number of aromatic nitrogens is 1. The van der Waals surface area contributed by atoms with Gasteiger partial charge in [-0.15, -0.1) is 0 Å². The molecular formula is C23H25N3O5. The Labute approximate surface area is 179 Å². The molecule has 0 radical (unpaired) electrons. The first-order valence-electron chi connectivity index (χ1n) is 10.6. The zero-order valence-corrected chi connectivity index (χ0v) is 17.7. The molecule has 5 rings (SSSR count). The van der Waals surface area contributed by atoms with Crippen LogP contribution in [0.2, 0.25) is 0 Å². The number of piperidine rings is 1. The van der Waals surface area contributed by atoms with Gasteiger partial charge in [0.05, 0.1) is 7.11 Å². The molecule has 31 heavy (non-hydrogen) atoms. The minimum absolute atomic E-state index is 0.0579. The SMILES string of the molecule is COc1cccc2cc(C(=O)N3CCC4(CCN(C(=O)c5cc(C)on5)C4)CC3)oc12. The number of hydrogen-bond acceptors (Lipinski definition) is 6. The molecule has 2 saturated heterocycles. The quantitative estimate of drug-likeness (QED) is 0.641. The number of benzene rings is 1. The normalized spacial score (nSPS) is 18.1. The minimum atomic E-state index is -0.0999. The first-order chi connectivity index (χ1) is 15.0. The zero-order valence-electron chi connectivity index (χ0n) is 17.7. The molecule has 0 atom stereocenters. The second-order valence-electron chi connectivity index (χ2n) is 8.58. The van der Waals surface area contributed by atoms with E-state index in [0.29, 0.717) is 54.7 Å². The highest BCUT2D eigenvalue weighted by atomic mass is 16.5. The van der Waals surface area contributed by atoms with Crippen LogP contribution in [0.3, 0.4) is 0 Å². The Kier molecular flexibility index (Phi) is 4.72. The largest absolute Gasteiger partial charge is 0.493 e. The fourth-order valence-electron chi connectivity index (χ4n) is 4.79. The van der Waals surface area contributed by atoms with Crippen LogP contribution in [0.25, 0.3) is 11.0 Å². The lowest BCUT2D eigenvalue weighted by molar-refractivity contribution is 0.0540. The highest BCUT2D eigenvalue weighted by Crippen LogP contribution is 2.41. The Balaban J connectivity index is 1.24. The highest BCUT2D eigenvalue weighted by molar-refractivity contribution is 5.97. The van der Waals surface area contributed by atoms with Gasteiger partial charge in [-0.1, -0.05) is 17.3 Å². The number of para-hydroxylation sites is 1. The van der Waals surface area contributed by atoms with Gasteiger partial charge in [-0.05, 0) is 43.7 Å². The van der Waals surface area contributed by atoms with Gasteiger partial charge in [-0.2, -0.15) is 0 Å². The van der Waals surface area contributed by atoms with Crippen LogP contribution >= 0.6 is 0 Å². The number of rotatable bonds is 3. The average Bonchev–Trinajstić information content (AvgIpc) is 3.51. The molecule has 0 N–H and O–H groups in total. The van der Waals surface area contributed by atoms with Gasteiger partial charge in [0, 0.05) is 37.6 Å². The molecule has 0 bridgehead atoms. The monoisotopic (exact) mass is 423 g/mol. The number of carbonyl (C=O) groups excluding carboxylic acids is 2. The van der Waals surface area contributed by atoms with Crippen molar-refractivity contribution in [2.45, 2.75) is 26.2 Å². The summed E-state index contributed by atoms with van der Waals surface area (Å²) in [5.74, 6) is 1.40. The van der Waals surface area contributed by atoms with E-state index in [0.717, 1.165) is 24.6 Å². The molecule has 2 aliphatic rings. The molecule has 0 aliphatic carbocycles. The molecule has 1 spiro atoms. The van der Waals surface area contributed by atoms with Gasteiger partial charge in [-0.3, -0.25) is 9.59 Å². The molecule has 162 valence electrons. The van der Waals surface area contributed by atoms with E-state index in [1.165, 1.54) is 0 Å². The van der Waals surface area contributed by atoms with Gasteiger partial charge in [0.15, 0.2) is 22.8 Å². The second kappa shape index (κ2) is 7.44. The predicted molar refractivity (Wildman–Crippen MR) is 112 cm³/mol. The Bertz CT molecular complexity index is 1140. The number of methoxy groups -OCH3 is 1. The van der Waals surface area contributed by atoms with Crippen molar-refractivity contribution in [2.24, 2.45) is 5.41 Å². The van der Waals surface area contributed by atoms with E-state index in [1.807, 2.05) is 28.0 Å². The summed E-state index contributed by atoms with van der Waals surface area (Å²) in [5, 5.41) is 4.71. The van der Waals surface area contributed by atoms with E-state index in [1.54, 1.807) is 26.2 Å². The van der Waals surface area contributed by atoms with E-state index in [9.17, 15) is 9.59 Å². The van der Waals surface area contributed by atoms with Crippen molar-refractivity contribution in [2.75, 3.05) is 33.3 Å². The molecule has 0 saturated carbocycles. The third-order valence-electron chi connectivity index (χ3n) is 6.62. The maximum Gasteiger partial charge on any atom is 0.289 e. The van der Waals surface area contributed by atoms with Crippen LogP contribution in [0.15, 0.2) is 39.3 Å². The minimum Gasteiger partial charge on any atom is -0.493 e. The highest BCUT2D eigenvalue weighted by Gasteiger charge is 2.43. The molecule has 0 unspecified atom stereocenters. The summed E-state index contributed by atoms with van der Waals surface area (Å²) in [7, 11) is 1.59. The van der Waals surface area contributed by atoms with Crippen molar-refractivity contribution in [3.05, 3.63) is 47.5 Å². The number of hydrogen-bond donors (Lipinski definition) is 0. The summed E-state index contributed by atoms with van der Waals surface area (Å²) >= 11 is 0. The van der Waals surface area contributed by atoms with Gasteiger partial charge >= 0.3 is 0 Å². The van der Waals surface area contributed by atoms with Crippen molar-refractivity contribution in [3.63, 3.8) is 0 Å². The van der Waals surface area contributed by atoms with Crippen molar-refractivity contribution in [1.29, 1.82) is 0 Å². The van der Waals surface area contributed by atoms with Crippen LogP contribution < -0.4 is 4.74 Å². The number of furan rings is 1. The summed E-state index contributed by atoms with van der Waals surface area (Å²) in [6.07, 6.45) is 2.67. The van der Waals surface area contributed by atoms with Gasteiger partial charge in [-0.25, -0.2) is 0 Å². The number of fused-ring (bicyclic) bond motifs is 1. The Morgan fingerprint density at radius 2 is 1.81 bits per heavy atom. The van der Waals surface area contributed by atoms with Gasteiger partial charge in [0.25, 0.3) is 11.8 Å². The van der Waals surface area contributed by atoms with Crippen molar-refractivity contribution < 1.29 is 23.3 Å². The van der Waals surface area contributed by atoms with Crippen molar-refractivity contribution in [1.82, 2.24) is 15.0 Å². The van der Waals surface area contributed by atoms with Crippen LogP contribution in [-0.4, -0.2) is 60.1 Å². The number of carbonyl (C=O) groups is 2. The molecule has 2 aliphatic heterocycles. The Morgan fingerprint density at radius 3 is 2.48 bits per heavy atom. The van der Waals surface area contributed by atoms with Crippen LogP contribution in [0.5, 0.6) is 5.75 Å². The maximum absolute atomic E-state index is 13.0. The predicted octanol–water partition coefficient (Wildman–Crippen LogP) is 3.51. The molecule has 3 aromatic rings. The molecular weight excluding hydrogens is 398 g/mol. The van der Waals surface area contributed by atoms with E-state index < -0.39 is 0 Å². The summed E-state index contributed by atoms with van der Waals surface area (Å²) in [4.78, 5) is 29.4. The molecule has 2 fully saturated rings. The lowest BCUT2D eigenvalue weighted by atomic mass is 9.77. The van der Waals surface area contributed by atoms with Gasteiger partial charge in [0.2, 0.25) is 0 Å². The average molecular weight is 423 g/mol. The first-order valence-corrected chi connectivity index (χ1v) is 10.6. The fraction of sp³-hybridized carbons (Fsp3) is 0.435. The van der Waals surface area contributed by atoms with Crippen molar-refractivity contribution >= 4 is 22.8 Å². The molecule has 2 amide bonds. The van der Waals surface area contributed by atoms with E-state index >= 15 is 0 Å². The summed E-state index contributed by atoms with van der Waals surface area (Å²) < 4.78 is 16.2. The lowest BCUT2D eigenvalue weighted by Gasteiger charge is -2.38. The third-order valence-corrected chi connectivity index (χ3v) is 6.62. The molecule has 1 aromatic carbocycles. The summed E-state index contributed by atoms with van der Waals surface area (Å²) in [6.45, 7) is 4.49. The maximum atomic E-state index is 13.0. The Morgan fingerprint density at radius 1 is 1.06 bits per heavy atom. The molecule has 8 nitrogen and oxygen atoms in total. The zero-order chi connectivity index (χ0) is 21.6. The van der Waals surface area contributed by atoms with Crippen LogP contribution in [0.1, 0.15) is 46.1 Å². The van der Waals surface area contributed by atoms with Crippen LogP contribution in [0, 0.1) is 12.3 Å². The van der Waals surface area contributed by atoms with Crippen LogP contribution in [-0.2, 0) is 0 Å². The molecule has 4 heterocycles. The topological polar surface area (TPSA) is 89.0 Å². The number of nitrogens with zero attached hydrogens (tertiary/aromatic N) is 3. The van der Waals surface area contributed by atoms with Gasteiger partial charge < -0.3 is 23.5 Å². The van der Waals surface area contributed by atoms with Crippen LogP contribution in [0.4, 0.5) is 0 Å². The van der Waals surface area contributed by atoms with E-state index in [2.05, 4.69) is 5.16 Å². The van der Waals surface area contributed by atoms with E-state index in [-0.39, 0.29) is 17.2 Å². The van der Waals surface area contributed by atoms with E-state index in [4.69, 9.17) is 13.7 Å². The first kappa shape index (κ1) is 19.7. The van der Waals surface area contributed by atoms with Crippen molar-refractivity contribution in [3.8, 4) is 5.75 Å². The summed E-state index contributed by atoms with van der Waals surface area (Å²) in [5.41, 5.74) is 1.01. The van der Waals surface area contributed by atoms with Gasteiger partial charge in [0.1, 0.15) is 5.76 Å². The standard InChI is InChI=1S/C23H25N3O5/c1-15-12-17(24-31-15)21(27)26-11-8-23(14-26)6-9-25(10-7-23)22(28)19-13-16-4-3-5-18(29-2)20(16)30-19/h3-5,12-13H,6-11,14H2,1-2H3. The smallest absolute Gasteiger partial charge is 0.289 e. The number of ether oxygens (including phenoxy) is 1. The lowest BCUT2D eigenvalue weighted by Crippen LogP contribution is -2.44. The molecule has 2 aromatic heterocycles.